The van der Waals surface area contributed by atoms with Crippen molar-refractivity contribution in [1.29, 1.82) is 0 Å². The number of rotatable bonds is 4. The van der Waals surface area contributed by atoms with Crippen LogP contribution >= 0.6 is 11.6 Å². The third-order valence-electron chi connectivity index (χ3n) is 3.86. The Kier molecular flexibility index (Phi) is 4.49. The molecule has 6 nitrogen and oxygen atoms in total. The molecule has 3 heterocycles. The van der Waals surface area contributed by atoms with E-state index in [1.54, 1.807) is 29.2 Å². The van der Waals surface area contributed by atoms with Gasteiger partial charge >= 0.3 is 0 Å². The van der Waals surface area contributed by atoms with Crippen LogP contribution in [0.15, 0.2) is 28.9 Å². The first-order valence-electron chi connectivity index (χ1n) is 7.36. The first kappa shape index (κ1) is 15.1. The fourth-order valence-electron chi connectivity index (χ4n) is 2.58. The number of nitrogens with one attached hydrogen (secondary N) is 1. The largest absolute Gasteiger partial charge is 0.454 e. The molecule has 0 spiro atoms. The van der Waals surface area contributed by atoms with E-state index in [0.717, 1.165) is 25.9 Å². The van der Waals surface area contributed by atoms with Crippen LogP contribution in [0.4, 0.5) is 0 Å². The second-order valence-electron chi connectivity index (χ2n) is 5.67. The maximum Gasteiger partial charge on any atom is 0.287 e. The molecule has 118 valence electrons. The molecule has 1 saturated heterocycles. The van der Waals surface area contributed by atoms with Crippen LogP contribution < -0.4 is 5.32 Å². The van der Waals surface area contributed by atoms with Crippen LogP contribution in [0.3, 0.4) is 0 Å². The number of carbonyl (C=O) groups excluding carboxylic acids is 1. The molecule has 2 aromatic rings. The minimum Gasteiger partial charge on any atom is -0.454 e. The number of amides is 1. The summed E-state index contributed by atoms with van der Waals surface area (Å²) in [5.41, 5.74) is 0. The minimum absolute atomic E-state index is 0.153. The standard InChI is InChI=1S/C15H19ClN4O2/c1-19-6-4-12(5-7-19)18-15(21)14-3-2-13(22-14)10-20-9-11(16)8-17-20/h2-3,8-9,12H,4-7,10H2,1H3,(H,18,21). The number of halogens is 1. The minimum atomic E-state index is -0.153. The van der Waals surface area contributed by atoms with E-state index in [4.69, 9.17) is 16.0 Å². The number of likely N-dealkylation sites (tertiary alicyclic amines) is 1. The van der Waals surface area contributed by atoms with Crippen LogP contribution in [0, 0.1) is 0 Å². The molecule has 7 heteroatoms. The Morgan fingerprint density at radius 3 is 2.91 bits per heavy atom. The second-order valence-corrected chi connectivity index (χ2v) is 6.11. The van der Waals surface area contributed by atoms with E-state index < -0.39 is 0 Å². The van der Waals surface area contributed by atoms with Crippen molar-refractivity contribution in [3.05, 3.63) is 41.1 Å². The van der Waals surface area contributed by atoms with Gasteiger partial charge in [0.2, 0.25) is 0 Å². The molecule has 0 saturated carbocycles. The van der Waals surface area contributed by atoms with Gasteiger partial charge in [0, 0.05) is 12.2 Å². The highest BCUT2D eigenvalue weighted by Gasteiger charge is 2.20. The average Bonchev–Trinajstić information content (AvgIpc) is 3.11. The van der Waals surface area contributed by atoms with Gasteiger partial charge in [-0.2, -0.15) is 5.10 Å². The lowest BCUT2D eigenvalue weighted by Gasteiger charge is -2.29. The second kappa shape index (κ2) is 6.54. The third-order valence-corrected chi connectivity index (χ3v) is 4.05. The Labute approximate surface area is 134 Å². The molecule has 0 bridgehead atoms. The first-order valence-corrected chi connectivity index (χ1v) is 7.74. The quantitative estimate of drug-likeness (QED) is 0.935. The van der Waals surface area contributed by atoms with Gasteiger partial charge in [-0.3, -0.25) is 9.48 Å². The molecule has 1 aliphatic heterocycles. The van der Waals surface area contributed by atoms with Gasteiger partial charge in [-0.25, -0.2) is 0 Å². The Hall–Kier alpha value is -1.79. The normalized spacial score (nSPS) is 16.8. The van der Waals surface area contributed by atoms with Crippen molar-refractivity contribution in [2.24, 2.45) is 0 Å². The molecule has 3 rings (SSSR count). The highest BCUT2D eigenvalue weighted by molar-refractivity contribution is 6.30. The van der Waals surface area contributed by atoms with Crippen LogP contribution in [-0.2, 0) is 6.54 Å². The zero-order valence-electron chi connectivity index (χ0n) is 12.5. The van der Waals surface area contributed by atoms with Crippen molar-refractivity contribution in [2.75, 3.05) is 20.1 Å². The van der Waals surface area contributed by atoms with Gasteiger partial charge in [0.15, 0.2) is 5.76 Å². The number of hydrogen-bond acceptors (Lipinski definition) is 4. The summed E-state index contributed by atoms with van der Waals surface area (Å²) in [6.07, 6.45) is 5.23. The molecule has 1 aliphatic rings. The summed E-state index contributed by atoms with van der Waals surface area (Å²) in [5.74, 6) is 0.861. The van der Waals surface area contributed by atoms with Gasteiger partial charge in [0.25, 0.3) is 5.91 Å². The van der Waals surface area contributed by atoms with Crippen molar-refractivity contribution in [3.8, 4) is 0 Å². The topological polar surface area (TPSA) is 63.3 Å². The van der Waals surface area contributed by atoms with E-state index in [1.165, 1.54) is 0 Å². The fourth-order valence-corrected chi connectivity index (χ4v) is 2.74. The van der Waals surface area contributed by atoms with Crippen LogP contribution in [0.5, 0.6) is 0 Å². The first-order chi connectivity index (χ1) is 10.6. The Morgan fingerprint density at radius 2 is 2.23 bits per heavy atom. The number of nitrogens with zero attached hydrogens (tertiary/aromatic N) is 3. The van der Waals surface area contributed by atoms with Crippen molar-refractivity contribution in [1.82, 2.24) is 20.0 Å². The van der Waals surface area contributed by atoms with Gasteiger partial charge < -0.3 is 14.6 Å². The lowest BCUT2D eigenvalue weighted by atomic mass is 10.1. The summed E-state index contributed by atoms with van der Waals surface area (Å²) >= 11 is 5.82. The number of hydrogen-bond donors (Lipinski definition) is 1. The van der Waals surface area contributed by atoms with Gasteiger partial charge in [-0.1, -0.05) is 11.6 Å². The van der Waals surface area contributed by atoms with Gasteiger partial charge in [-0.15, -0.1) is 0 Å². The summed E-state index contributed by atoms with van der Waals surface area (Å²) in [5, 5.41) is 7.70. The maximum absolute atomic E-state index is 12.2. The Balaban J connectivity index is 1.57. The molecule has 2 aromatic heterocycles. The number of piperidine rings is 1. The molecule has 0 radical (unpaired) electrons. The van der Waals surface area contributed by atoms with E-state index >= 15 is 0 Å². The van der Waals surface area contributed by atoms with E-state index in [2.05, 4.69) is 22.4 Å². The van der Waals surface area contributed by atoms with Crippen molar-refractivity contribution in [2.45, 2.75) is 25.4 Å². The molecule has 0 unspecified atom stereocenters. The summed E-state index contributed by atoms with van der Waals surface area (Å²) in [6, 6.07) is 3.71. The van der Waals surface area contributed by atoms with Gasteiger partial charge in [0.1, 0.15) is 5.76 Å². The smallest absolute Gasteiger partial charge is 0.287 e. The molecule has 22 heavy (non-hydrogen) atoms. The predicted molar refractivity (Wildman–Crippen MR) is 83.0 cm³/mol. The number of carbonyl (C=O) groups is 1. The van der Waals surface area contributed by atoms with Crippen molar-refractivity contribution in [3.63, 3.8) is 0 Å². The fraction of sp³-hybridized carbons (Fsp3) is 0.467. The molecule has 0 aliphatic carbocycles. The lowest BCUT2D eigenvalue weighted by Crippen LogP contribution is -2.43. The SMILES string of the molecule is CN1CCC(NC(=O)c2ccc(Cn3cc(Cl)cn3)o2)CC1. The zero-order chi connectivity index (χ0) is 15.5. The predicted octanol–water partition coefficient (Wildman–Crippen LogP) is 2.00. The zero-order valence-corrected chi connectivity index (χ0v) is 13.2. The summed E-state index contributed by atoms with van der Waals surface area (Å²) in [6.45, 7) is 2.47. The summed E-state index contributed by atoms with van der Waals surface area (Å²) < 4.78 is 7.26. The van der Waals surface area contributed by atoms with Crippen molar-refractivity contribution < 1.29 is 9.21 Å². The molecule has 1 N–H and O–H groups in total. The van der Waals surface area contributed by atoms with E-state index in [0.29, 0.717) is 23.1 Å². The van der Waals surface area contributed by atoms with E-state index in [-0.39, 0.29) is 11.9 Å². The highest BCUT2D eigenvalue weighted by Crippen LogP contribution is 2.13. The van der Waals surface area contributed by atoms with Crippen LogP contribution in [0.1, 0.15) is 29.2 Å². The monoisotopic (exact) mass is 322 g/mol. The van der Waals surface area contributed by atoms with Crippen LogP contribution in [0.2, 0.25) is 5.02 Å². The molecule has 0 atom stereocenters. The van der Waals surface area contributed by atoms with Gasteiger partial charge in [-0.05, 0) is 45.1 Å². The lowest BCUT2D eigenvalue weighted by molar-refractivity contribution is 0.0886. The molecular weight excluding hydrogens is 304 g/mol. The van der Waals surface area contributed by atoms with E-state index in [1.807, 2.05) is 0 Å². The molecular formula is C15H19ClN4O2. The van der Waals surface area contributed by atoms with Crippen LogP contribution in [-0.4, -0.2) is 46.8 Å². The average molecular weight is 323 g/mol. The Bertz CT molecular complexity index is 644. The van der Waals surface area contributed by atoms with E-state index in [9.17, 15) is 4.79 Å². The summed E-state index contributed by atoms with van der Waals surface area (Å²) in [4.78, 5) is 14.5. The molecule has 1 amide bonds. The maximum atomic E-state index is 12.2. The molecule has 1 fully saturated rings. The number of furan rings is 1. The summed E-state index contributed by atoms with van der Waals surface area (Å²) in [7, 11) is 2.10. The molecule has 0 aromatic carbocycles. The Morgan fingerprint density at radius 1 is 1.45 bits per heavy atom. The van der Waals surface area contributed by atoms with Crippen LogP contribution in [0.25, 0.3) is 0 Å². The van der Waals surface area contributed by atoms with Crippen molar-refractivity contribution >= 4 is 17.5 Å². The third kappa shape index (κ3) is 3.69. The number of aromatic nitrogens is 2. The van der Waals surface area contributed by atoms with Gasteiger partial charge in [0.05, 0.1) is 17.8 Å². The highest BCUT2D eigenvalue weighted by atomic mass is 35.5.